The summed E-state index contributed by atoms with van der Waals surface area (Å²) in [7, 11) is -4.09. The quantitative estimate of drug-likeness (QED) is 0.295. The first-order chi connectivity index (χ1) is 17.8. The number of pyridine rings is 1. The number of aromatic nitrogens is 2. The molecule has 2 heterocycles. The lowest BCUT2D eigenvalue weighted by Crippen LogP contribution is -2.14. The van der Waals surface area contributed by atoms with Crippen LogP contribution in [0.4, 0.5) is 23.2 Å². The standard InChI is InChI=1S/C25H19ClF4N4O3S/c1-14-19(24(35)33-17-5-7-22(21(26)10-17)38(31,36)37)13-34(12-15-3-2-8-32-11-15)23(14)18-6-4-16(27)9-20(18)25(28,29)30/h2-11,13H,12H2,1H3,(H,33,35)(H2,31,36,37). The Labute approximate surface area is 219 Å². The highest BCUT2D eigenvalue weighted by Gasteiger charge is 2.36. The van der Waals surface area contributed by atoms with Crippen LogP contribution in [-0.2, 0) is 22.7 Å². The van der Waals surface area contributed by atoms with Gasteiger partial charge in [0.15, 0.2) is 0 Å². The number of hydrogen-bond donors (Lipinski definition) is 2. The van der Waals surface area contributed by atoms with Crippen molar-refractivity contribution >= 4 is 33.2 Å². The van der Waals surface area contributed by atoms with Gasteiger partial charge in [-0.05, 0) is 60.5 Å². The van der Waals surface area contributed by atoms with E-state index in [4.69, 9.17) is 16.7 Å². The second-order valence-corrected chi connectivity index (χ2v) is 10.3. The molecule has 0 unspecified atom stereocenters. The number of hydrogen-bond acceptors (Lipinski definition) is 4. The first kappa shape index (κ1) is 27.3. The first-order valence-corrected chi connectivity index (χ1v) is 12.8. The number of nitrogens with zero attached hydrogens (tertiary/aromatic N) is 2. The molecule has 0 spiro atoms. The van der Waals surface area contributed by atoms with Gasteiger partial charge in [0.25, 0.3) is 5.91 Å². The van der Waals surface area contributed by atoms with E-state index in [1.165, 1.54) is 42.2 Å². The monoisotopic (exact) mass is 566 g/mol. The number of amides is 1. The third-order valence-electron chi connectivity index (χ3n) is 5.69. The average Bonchev–Trinajstić information content (AvgIpc) is 3.14. The number of nitrogens with two attached hydrogens (primary N) is 1. The fourth-order valence-electron chi connectivity index (χ4n) is 4.02. The van der Waals surface area contributed by atoms with Crippen molar-refractivity contribution in [2.75, 3.05) is 5.32 Å². The second-order valence-electron chi connectivity index (χ2n) is 8.34. The summed E-state index contributed by atoms with van der Waals surface area (Å²) < 4.78 is 80.1. The molecule has 4 rings (SSSR count). The van der Waals surface area contributed by atoms with Crippen LogP contribution in [0.3, 0.4) is 0 Å². The number of anilines is 1. The van der Waals surface area contributed by atoms with Gasteiger partial charge in [-0.25, -0.2) is 17.9 Å². The predicted octanol–water partition coefficient (Wildman–Crippen LogP) is 5.62. The van der Waals surface area contributed by atoms with Gasteiger partial charge in [0.05, 0.1) is 21.8 Å². The van der Waals surface area contributed by atoms with Crippen LogP contribution in [0.1, 0.15) is 27.0 Å². The second kappa shape index (κ2) is 10.2. The Hall–Kier alpha value is -3.74. The minimum absolute atomic E-state index is 0.0352. The molecule has 2 aromatic heterocycles. The van der Waals surface area contributed by atoms with Crippen LogP contribution in [0.2, 0.25) is 5.02 Å². The van der Waals surface area contributed by atoms with E-state index in [1.807, 2.05) is 0 Å². The maximum absolute atomic E-state index is 13.9. The molecule has 38 heavy (non-hydrogen) atoms. The van der Waals surface area contributed by atoms with Crippen LogP contribution in [-0.4, -0.2) is 23.9 Å². The van der Waals surface area contributed by atoms with Gasteiger partial charge in [-0.3, -0.25) is 9.78 Å². The number of alkyl halides is 3. The van der Waals surface area contributed by atoms with Crippen molar-refractivity contribution in [3.63, 3.8) is 0 Å². The third-order valence-corrected chi connectivity index (χ3v) is 7.08. The fraction of sp³-hybridized carbons (Fsp3) is 0.120. The Morgan fingerprint density at radius 3 is 2.50 bits per heavy atom. The number of sulfonamides is 1. The summed E-state index contributed by atoms with van der Waals surface area (Å²) in [4.78, 5) is 16.9. The highest BCUT2D eigenvalue weighted by Crippen LogP contribution is 2.40. The highest BCUT2D eigenvalue weighted by molar-refractivity contribution is 7.89. The number of halogens is 5. The lowest BCUT2D eigenvalue weighted by atomic mass is 9.99. The smallest absolute Gasteiger partial charge is 0.342 e. The molecule has 4 aromatic rings. The molecule has 1 amide bonds. The van der Waals surface area contributed by atoms with Crippen LogP contribution in [0, 0.1) is 12.7 Å². The van der Waals surface area contributed by atoms with Gasteiger partial charge in [-0.15, -0.1) is 0 Å². The Morgan fingerprint density at radius 1 is 1.16 bits per heavy atom. The van der Waals surface area contributed by atoms with Crippen molar-refractivity contribution < 1.29 is 30.8 Å². The molecule has 0 saturated carbocycles. The molecule has 2 aromatic carbocycles. The summed E-state index contributed by atoms with van der Waals surface area (Å²) in [5.74, 6) is -1.74. The van der Waals surface area contributed by atoms with Gasteiger partial charge in [-0.1, -0.05) is 17.7 Å². The van der Waals surface area contributed by atoms with Crippen molar-refractivity contribution in [1.82, 2.24) is 9.55 Å². The third kappa shape index (κ3) is 5.72. The maximum atomic E-state index is 13.9. The van der Waals surface area contributed by atoms with Crippen LogP contribution < -0.4 is 10.5 Å². The number of primary sulfonamides is 1. The maximum Gasteiger partial charge on any atom is 0.417 e. The SMILES string of the molecule is Cc1c(C(=O)Nc2ccc(S(N)(=O)=O)c(Cl)c2)cn(Cc2cccnc2)c1-c1ccc(F)cc1C(F)(F)F. The lowest BCUT2D eigenvalue weighted by molar-refractivity contribution is -0.137. The number of carbonyl (C=O) groups is 1. The molecule has 13 heteroatoms. The fourth-order valence-corrected chi connectivity index (χ4v) is 5.12. The van der Waals surface area contributed by atoms with E-state index in [0.717, 1.165) is 18.2 Å². The topological polar surface area (TPSA) is 107 Å². The van der Waals surface area contributed by atoms with E-state index in [0.29, 0.717) is 11.6 Å². The molecule has 7 nitrogen and oxygen atoms in total. The molecule has 0 aliphatic heterocycles. The Bertz CT molecular complexity index is 1640. The average molecular weight is 567 g/mol. The predicted molar refractivity (Wildman–Crippen MR) is 134 cm³/mol. The number of rotatable bonds is 6. The van der Waals surface area contributed by atoms with E-state index in [9.17, 15) is 30.8 Å². The molecule has 0 aliphatic rings. The number of benzene rings is 2. The Kier molecular flexibility index (Phi) is 7.33. The van der Waals surface area contributed by atoms with Gasteiger partial charge in [0, 0.05) is 36.4 Å². The molecular weight excluding hydrogens is 548 g/mol. The first-order valence-electron chi connectivity index (χ1n) is 10.8. The molecule has 0 atom stereocenters. The molecule has 0 radical (unpaired) electrons. The van der Waals surface area contributed by atoms with Crippen molar-refractivity contribution in [3.8, 4) is 11.3 Å². The lowest BCUT2D eigenvalue weighted by Gasteiger charge is -2.16. The van der Waals surface area contributed by atoms with Crippen LogP contribution in [0.5, 0.6) is 0 Å². The highest BCUT2D eigenvalue weighted by atomic mass is 35.5. The molecular formula is C25H19ClF4N4O3S. The zero-order chi connectivity index (χ0) is 27.8. The van der Waals surface area contributed by atoms with E-state index in [2.05, 4.69) is 10.3 Å². The Morgan fingerprint density at radius 2 is 1.89 bits per heavy atom. The van der Waals surface area contributed by atoms with E-state index in [-0.39, 0.29) is 44.5 Å². The van der Waals surface area contributed by atoms with Crippen molar-refractivity contribution in [3.05, 3.63) is 100 Å². The van der Waals surface area contributed by atoms with Gasteiger partial charge in [-0.2, -0.15) is 13.2 Å². The van der Waals surface area contributed by atoms with Gasteiger partial charge < -0.3 is 9.88 Å². The molecule has 3 N–H and O–H groups in total. The zero-order valence-corrected chi connectivity index (χ0v) is 21.1. The van der Waals surface area contributed by atoms with Gasteiger partial charge in [0.1, 0.15) is 10.7 Å². The summed E-state index contributed by atoms with van der Waals surface area (Å²) in [5, 5.41) is 7.44. The minimum atomic E-state index is -4.86. The summed E-state index contributed by atoms with van der Waals surface area (Å²) in [5.41, 5.74) is -0.413. The van der Waals surface area contributed by atoms with Gasteiger partial charge >= 0.3 is 6.18 Å². The van der Waals surface area contributed by atoms with E-state index < -0.39 is 33.5 Å². The number of nitrogens with one attached hydrogen (secondary N) is 1. The zero-order valence-electron chi connectivity index (χ0n) is 19.6. The Balaban J connectivity index is 1.81. The summed E-state index contributed by atoms with van der Waals surface area (Å²) >= 11 is 5.99. The molecule has 0 fully saturated rings. The normalized spacial score (nSPS) is 12.0. The summed E-state index contributed by atoms with van der Waals surface area (Å²) in [6.07, 6.45) is -0.407. The molecule has 198 valence electrons. The molecule has 0 bridgehead atoms. The largest absolute Gasteiger partial charge is 0.417 e. The number of carbonyl (C=O) groups excluding carboxylic acids is 1. The van der Waals surface area contributed by atoms with Gasteiger partial charge in [0.2, 0.25) is 10.0 Å². The van der Waals surface area contributed by atoms with E-state index in [1.54, 1.807) is 12.1 Å². The van der Waals surface area contributed by atoms with Crippen LogP contribution in [0.15, 0.2) is 72.0 Å². The molecule has 0 saturated heterocycles. The summed E-state index contributed by atoms with van der Waals surface area (Å²) in [6.45, 7) is 1.55. The minimum Gasteiger partial charge on any atom is -0.342 e. The van der Waals surface area contributed by atoms with Crippen molar-refractivity contribution in [2.24, 2.45) is 5.14 Å². The van der Waals surface area contributed by atoms with Crippen LogP contribution in [0.25, 0.3) is 11.3 Å². The van der Waals surface area contributed by atoms with Crippen molar-refractivity contribution in [1.29, 1.82) is 0 Å². The van der Waals surface area contributed by atoms with E-state index >= 15 is 0 Å². The van der Waals surface area contributed by atoms with Crippen LogP contribution >= 0.6 is 11.6 Å². The summed E-state index contributed by atoms with van der Waals surface area (Å²) in [6, 6.07) is 9.30. The van der Waals surface area contributed by atoms with Crippen molar-refractivity contribution in [2.45, 2.75) is 24.5 Å². The molecule has 0 aliphatic carbocycles.